The van der Waals surface area contributed by atoms with E-state index in [0.29, 0.717) is 6.42 Å². The number of hydrogen-bond acceptors (Lipinski definition) is 2. The van der Waals surface area contributed by atoms with Crippen molar-refractivity contribution >= 4 is 11.6 Å². The number of nitrogens with zero attached hydrogens (tertiary/aromatic N) is 1. The van der Waals surface area contributed by atoms with Crippen molar-refractivity contribution in [2.75, 3.05) is 19.1 Å². The van der Waals surface area contributed by atoms with Crippen molar-refractivity contribution in [2.45, 2.75) is 13.3 Å². The van der Waals surface area contributed by atoms with Crippen molar-refractivity contribution in [1.82, 2.24) is 0 Å². The predicted molar refractivity (Wildman–Crippen MR) is 56.7 cm³/mol. The van der Waals surface area contributed by atoms with E-state index in [-0.39, 0.29) is 5.91 Å². The summed E-state index contributed by atoms with van der Waals surface area (Å²) in [4.78, 5) is 13.0. The largest absolute Gasteiger partial charge is 0.497 e. The van der Waals surface area contributed by atoms with E-state index in [0.717, 1.165) is 11.4 Å². The Morgan fingerprint density at radius 1 is 1.36 bits per heavy atom. The molecule has 0 heterocycles. The highest BCUT2D eigenvalue weighted by Crippen LogP contribution is 2.18. The Hall–Kier alpha value is -1.51. The van der Waals surface area contributed by atoms with Crippen LogP contribution < -0.4 is 9.64 Å². The first-order chi connectivity index (χ1) is 6.69. The Labute approximate surface area is 84.3 Å². The number of ether oxygens (including phenoxy) is 1. The van der Waals surface area contributed by atoms with Gasteiger partial charge in [-0.1, -0.05) is 6.92 Å². The molecule has 76 valence electrons. The van der Waals surface area contributed by atoms with Gasteiger partial charge in [0.25, 0.3) is 0 Å². The van der Waals surface area contributed by atoms with E-state index >= 15 is 0 Å². The SMILES string of the molecule is CCC(=O)N(C)c1ccc(OC)cc1. The summed E-state index contributed by atoms with van der Waals surface area (Å²) in [6.45, 7) is 1.85. The molecule has 0 aliphatic heterocycles. The zero-order chi connectivity index (χ0) is 10.6. The van der Waals surface area contributed by atoms with Crippen LogP contribution in [0.4, 0.5) is 5.69 Å². The molecule has 1 amide bonds. The lowest BCUT2D eigenvalue weighted by molar-refractivity contribution is -0.118. The molecule has 0 aliphatic carbocycles. The number of hydrogen-bond donors (Lipinski definition) is 0. The van der Waals surface area contributed by atoms with Gasteiger partial charge in [-0.2, -0.15) is 0 Å². The van der Waals surface area contributed by atoms with Crippen molar-refractivity contribution in [1.29, 1.82) is 0 Å². The maximum atomic E-state index is 11.4. The van der Waals surface area contributed by atoms with Crippen molar-refractivity contribution in [3.63, 3.8) is 0 Å². The fraction of sp³-hybridized carbons (Fsp3) is 0.364. The molecule has 0 spiro atoms. The average molecular weight is 193 g/mol. The summed E-state index contributed by atoms with van der Waals surface area (Å²) in [6, 6.07) is 7.42. The normalized spacial score (nSPS) is 9.64. The van der Waals surface area contributed by atoms with E-state index in [1.165, 1.54) is 0 Å². The third-order valence-corrected chi connectivity index (χ3v) is 2.14. The van der Waals surface area contributed by atoms with Crippen molar-refractivity contribution < 1.29 is 9.53 Å². The van der Waals surface area contributed by atoms with Crippen LogP contribution in [0.15, 0.2) is 24.3 Å². The molecule has 0 atom stereocenters. The maximum Gasteiger partial charge on any atom is 0.226 e. The van der Waals surface area contributed by atoms with E-state index in [1.807, 2.05) is 31.2 Å². The van der Waals surface area contributed by atoms with Gasteiger partial charge < -0.3 is 9.64 Å². The van der Waals surface area contributed by atoms with Gasteiger partial charge in [-0.15, -0.1) is 0 Å². The van der Waals surface area contributed by atoms with Crippen LogP contribution in [0.2, 0.25) is 0 Å². The van der Waals surface area contributed by atoms with Crippen molar-refractivity contribution in [2.24, 2.45) is 0 Å². The lowest BCUT2D eigenvalue weighted by atomic mass is 10.2. The molecule has 14 heavy (non-hydrogen) atoms. The second-order valence-electron chi connectivity index (χ2n) is 3.00. The zero-order valence-corrected chi connectivity index (χ0v) is 8.78. The fourth-order valence-electron chi connectivity index (χ4n) is 1.19. The minimum Gasteiger partial charge on any atom is -0.497 e. The Kier molecular flexibility index (Phi) is 3.51. The molecule has 1 rings (SSSR count). The van der Waals surface area contributed by atoms with E-state index < -0.39 is 0 Å². The number of benzene rings is 1. The molecule has 3 heteroatoms. The molecule has 3 nitrogen and oxygen atoms in total. The van der Waals surface area contributed by atoms with Crippen LogP contribution in [0.25, 0.3) is 0 Å². The van der Waals surface area contributed by atoms with Crippen LogP contribution in [-0.2, 0) is 4.79 Å². The molecule has 0 saturated carbocycles. The maximum absolute atomic E-state index is 11.4. The van der Waals surface area contributed by atoms with Crippen LogP contribution in [-0.4, -0.2) is 20.1 Å². The zero-order valence-electron chi connectivity index (χ0n) is 8.78. The van der Waals surface area contributed by atoms with E-state index in [9.17, 15) is 4.79 Å². The third-order valence-electron chi connectivity index (χ3n) is 2.14. The molecule has 0 radical (unpaired) electrons. The van der Waals surface area contributed by atoms with Gasteiger partial charge in [0.15, 0.2) is 0 Å². The van der Waals surface area contributed by atoms with Crippen LogP contribution >= 0.6 is 0 Å². The number of anilines is 1. The van der Waals surface area contributed by atoms with E-state index in [4.69, 9.17) is 4.74 Å². The predicted octanol–water partition coefficient (Wildman–Crippen LogP) is 2.07. The Morgan fingerprint density at radius 3 is 2.36 bits per heavy atom. The van der Waals surface area contributed by atoms with Gasteiger partial charge in [0.2, 0.25) is 5.91 Å². The number of methoxy groups -OCH3 is 1. The Morgan fingerprint density at radius 2 is 1.93 bits per heavy atom. The lowest BCUT2D eigenvalue weighted by Gasteiger charge is -2.16. The van der Waals surface area contributed by atoms with Crippen LogP contribution in [0, 0.1) is 0 Å². The van der Waals surface area contributed by atoms with Gasteiger partial charge in [-0.05, 0) is 24.3 Å². The second-order valence-corrected chi connectivity index (χ2v) is 3.00. The monoisotopic (exact) mass is 193 g/mol. The first kappa shape index (κ1) is 10.6. The molecule has 0 aromatic heterocycles. The van der Waals surface area contributed by atoms with Gasteiger partial charge in [-0.3, -0.25) is 4.79 Å². The summed E-state index contributed by atoms with van der Waals surface area (Å²) in [5, 5.41) is 0. The molecule has 1 aromatic rings. The van der Waals surface area contributed by atoms with Gasteiger partial charge >= 0.3 is 0 Å². The third kappa shape index (κ3) is 2.25. The van der Waals surface area contributed by atoms with Crippen molar-refractivity contribution in [3.05, 3.63) is 24.3 Å². The highest BCUT2D eigenvalue weighted by atomic mass is 16.5. The lowest BCUT2D eigenvalue weighted by Crippen LogP contribution is -2.24. The molecule has 1 aromatic carbocycles. The van der Waals surface area contributed by atoms with Crippen LogP contribution in [0.3, 0.4) is 0 Å². The quantitative estimate of drug-likeness (QED) is 0.735. The Bertz CT molecular complexity index is 306. The molecule has 0 fully saturated rings. The average Bonchev–Trinajstić information content (AvgIpc) is 2.27. The van der Waals surface area contributed by atoms with Gasteiger partial charge in [0.05, 0.1) is 7.11 Å². The number of carbonyl (C=O) groups is 1. The van der Waals surface area contributed by atoms with Gasteiger partial charge in [0.1, 0.15) is 5.75 Å². The van der Waals surface area contributed by atoms with Crippen molar-refractivity contribution in [3.8, 4) is 5.75 Å². The van der Waals surface area contributed by atoms with Crippen LogP contribution in [0.5, 0.6) is 5.75 Å². The molecule has 0 unspecified atom stereocenters. The highest BCUT2D eigenvalue weighted by molar-refractivity contribution is 5.92. The van der Waals surface area contributed by atoms with Gasteiger partial charge in [0, 0.05) is 19.2 Å². The minimum atomic E-state index is 0.107. The number of amides is 1. The summed E-state index contributed by atoms with van der Waals surface area (Å²) >= 11 is 0. The molecule has 0 aliphatic rings. The molecule has 0 saturated heterocycles. The highest BCUT2D eigenvalue weighted by Gasteiger charge is 2.07. The minimum absolute atomic E-state index is 0.107. The van der Waals surface area contributed by atoms with Crippen LogP contribution in [0.1, 0.15) is 13.3 Å². The second kappa shape index (κ2) is 4.65. The summed E-state index contributed by atoms with van der Waals surface area (Å²) in [6.07, 6.45) is 0.516. The summed E-state index contributed by atoms with van der Waals surface area (Å²) < 4.78 is 5.03. The van der Waals surface area contributed by atoms with E-state index in [1.54, 1.807) is 19.1 Å². The molecular weight excluding hydrogens is 178 g/mol. The van der Waals surface area contributed by atoms with E-state index in [2.05, 4.69) is 0 Å². The van der Waals surface area contributed by atoms with Gasteiger partial charge in [-0.25, -0.2) is 0 Å². The fourth-order valence-corrected chi connectivity index (χ4v) is 1.19. The Balaban J connectivity index is 2.81. The number of rotatable bonds is 3. The number of carbonyl (C=O) groups excluding carboxylic acids is 1. The molecule has 0 N–H and O–H groups in total. The summed E-state index contributed by atoms with van der Waals surface area (Å²) in [5.74, 6) is 0.904. The smallest absolute Gasteiger partial charge is 0.226 e. The standard InChI is InChI=1S/C11H15NO2/c1-4-11(13)12(2)9-5-7-10(14-3)8-6-9/h5-8H,4H2,1-3H3. The molecular formula is C11H15NO2. The summed E-state index contributed by atoms with van der Waals surface area (Å²) in [5.41, 5.74) is 0.887. The first-order valence-corrected chi connectivity index (χ1v) is 4.59. The first-order valence-electron chi connectivity index (χ1n) is 4.59. The molecule has 0 bridgehead atoms. The summed E-state index contributed by atoms with van der Waals surface area (Å²) in [7, 11) is 3.39. The topological polar surface area (TPSA) is 29.5 Å².